The van der Waals surface area contributed by atoms with Crippen molar-refractivity contribution in [2.75, 3.05) is 31.4 Å². The van der Waals surface area contributed by atoms with Crippen molar-refractivity contribution in [1.82, 2.24) is 9.55 Å². The number of nitrogens with zero attached hydrogens (tertiary/aromatic N) is 3. The molecule has 2 N–H and O–H groups in total. The third-order valence-corrected chi connectivity index (χ3v) is 5.09. The minimum Gasteiger partial charge on any atom is -0.504 e. The summed E-state index contributed by atoms with van der Waals surface area (Å²) in [7, 11) is 7.65. The fourth-order valence-corrected chi connectivity index (χ4v) is 3.47. The smallest absolute Gasteiger partial charge is 0.160 e. The average Bonchev–Trinajstić information content (AvgIpc) is 3.06. The first-order valence-electron chi connectivity index (χ1n) is 9.34. The maximum atomic E-state index is 10.0. The molecule has 6 nitrogen and oxygen atoms in total. The second kappa shape index (κ2) is 7.39. The third kappa shape index (κ3) is 3.45. The van der Waals surface area contributed by atoms with Crippen LogP contribution >= 0.6 is 0 Å². The second-order valence-electron chi connectivity index (χ2n) is 7.13. The van der Waals surface area contributed by atoms with Crippen molar-refractivity contribution >= 4 is 28.1 Å². The highest BCUT2D eigenvalue weighted by Gasteiger charge is 2.13. The Labute approximate surface area is 170 Å². The Bertz CT molecular complexity index is 1160. The molecule has 0 fully saturated rings. The summed E-state index contributed by atoms with van der Waals surface area (Å²) in [6, 6.07) is 17.8. The van der Waals surface area contributed by atoms with Gasteiger partial charge in [0.2, 0.25) is 0 Å². The van der Waals surface area contributed by atoms with Crippen LogP contribution in [-0.2, 0) is 7.05 Å². The van der Waals surface area contributed by atoms with Crippen LogP contribution in [0.4, 0.5) is 17.2 Å². The zero-order valence-electron chi connectivity index (χ0n) is 17.0. The zero-order valence-corrected chi connectivity index (χ0v) is 17.0. The van der Waals surface area contributed by atoms with Gasteiger partial charge in [0.15, 0.2) is 11.5 Å². The lowest BCUT2D eigenvalue weighted by Crippen LogP contribution is -2.08. The van der Waals surface area contributed by atoms with Gasteiger partial charge < -0.3 is 24.6 Å². The van der Waals surface area contributed by atoms with Crippen LogP contribution in [0.25, 0.3) is 22.2 Å². The lowest BCUT2D eigenvalue weighted by Gasteiger charge is -2.13. The molecule has 0 saturated heterocycles. The van der Waals surface area contributed by atoms with E-state index in [4.69, 9.17) is 4.74 Å². The van der Waals surface area contributed by atoms with Gasteiger partial charge in [-0.05, 0) is 42.0 Å². The lowest BCUT2D eigenvalue weighted by molar-refractivity contribution is 0.373. The van der Waals surface area contributed by atoms with Crippen LogP contribution in [0.2, 0.25) is 0 Å². The van der Waals surface area contributed by atoms with Crippen LogP contribution in [0.15, 0.2) is 60.8 Å². The average molecular weight is 388 g/mol. The summed E-state index contributed by atoms with van der Waals surface area (Å²) >= 11 is 0. The number of methoxy groups -OCH3 is 1. The van der Waals surface area contributed by atoms with Crippen LogP contribution in [-0.4, -0.2) is 35.9 Å². The van der Waals surface area contributed by atoms with Gasteiger partial charge in [0, 0.05) is 55.9 Å². The van der Waals surface area contributed by atoms with E-state index in [1.54, 1.807) is 18.3 Å². The van der Waals surface area contributed by atoms with Crippen LogP contribution in [0.3, 0.4) is 0 Å². The normalized spacial score (nSPS) is 10.9. The maximum absolute atomic E-state index is 10.0. The number of benzene rings is 2. The number of hydrogen-bond acceptors (Lipinski definition) is 5. The van der Waals surface area contributed by atoms with Crippen molar-refractivity contribution in [3.8, 4) is 22.8 Å². The molecule has 0 atom stereocenters. The number of aryl methyl sites for hydroxylation is 1. The Kier molecular flexibility index (Phi) is 4.76. The summed E-state index contributed by atoms with van der Waals surface area (Å²) in [5.74, 6) is 1.25. The van der Waals surface area contributed by atoms with Crippen molar-refractivity contribution in [3.63, 3.8) is 0 Å². The Balaban J connectivity index is 1.73. The number of phenolic OH excluding ortho intramolecular Hbond substituents is 1. The standard InChI is InChI=1S/C23H24N4O2/c1-26(2)17-8-5-15(6-9-17)20-14-18-19(27(20)3)11-12-24-23(18)25-16-7-10-22(29-4)21(28)13-16/h5-14,28H,1-4H3,(H,24,25). The first-order chi connectivity index (χ1) is 14.0. The number of phenols is 1. The monoisotopic (exact) mass is 388 g/mol. The maximum Gasteiger partial charge on any atom is 0.160 e. The molecule has 0 unspecified atom stereocenters. The molecule has 2 heterocycles. The van der Waals surface area contributed by atoms with E-state index in [1.165, 1.54) is 7.11 Å². The number of ether oxygens (including phenoxy) is 1. The number of aromatic nitrogens is 2. The van der Waals surface area contributed by atoms with E-state index in [2.05, 4.69) is 57.1 Å². The van der Waals surface area contributed by atoms with Crippen molar-refractivity contribution < 1.29 is 9.84 Å². The van der Waals surface area contributed by atoms with E-state index >= 15 is 0 Å². The summed E-state index contributed by atoms with van der Waals surface area (Å²) in [6.45, 7) is 0. The van der Waals surface area contributed by atoms with E-state index in [-0.39, 0.29) is 5.75 Å². The van der Waals surface area contributed by atoms with Crippen molar-refractivity contribution in [2.24, 2.45) is 7.05 Å². The van der Waals surface area contributed by atoms with E-state index in [0.29, 0.717) is 5.75 Å². The van der Waals surface area contributed by atoms with E-state index in [1.807, 2.05) is 26.2 Å². The van der Waals surface area contributed by atoms with Gasteiger partial charge in [0.25, 0.3) is 0 Å². The molecular formula is C23H24N4O2. The fraction of sp³-hybridized carbons (Fsp3) is 0.174. The number of hydrogen-bond donors (Lipinski definition) is 2. The molecule has 0 radical (unpaired) electrons. The SMILES string of the molecule is COc1ccc(Nc2nccc3c2cc(-c2ccc(N(C)C)cc2)n3C)cc1O. The molecule has 0 aliphatic heterocycles. The summed E-state index contributed by atoms with van der Waals surface area (Å²) in [5, 5.41) is 14.4. The molecule has 2 aromatic carbocycles. The van der Waals surface area contributed by atoms with Gasteiger partial charge >= 0.3 is 0 Å². The zero-order chi connectivity index (χ0) is 20.5. The summed E-state index contributed by atoms with van der Waals surface area (Å²) in [6.07, 6.45) is 1.78. The Morgan fingerprint density at radius 2 is 1.79 bits per heavy atom. The van der Waals surface area contributed by atoms with Gasteiger partial charge in [-0.2, -0.15) is 0 Å². The Morgan fingerprint density at radius 1 is 1.03 bits per heavy atom. The Hall–Kier alpha value is -3.67. The number of nitrogens with one attached hydrogen (secondary N) is 1. The van der Waals surface area contributed by atoms with Crippen molar-refractivity contribution in [1.29, 1.82) is 0 Å². The number of pyridine rings is 1. The minimum atomic E-state index is 0.0828. The predicted octanol–water partition coefficient (Wildman–Crippen LogP) is 4.76. The van der Waals surface area contributed by atoms with Crippen LogP contribution < -0.4 is 15.0 Å². The van der Waals surface area contributed by atoms with Crippen molar-refractivity contribution in [2.45, 2.75) is 0 Å². The number of rotatable bonds is 5. The molecule has 0 saturated carbocycles. The van der Waals surface area contributed by atoms with Crippen LogP contribution in [0, 0.1) is 0 Å². The molecule has 4 rings (SSSR count). The lowest BCUT2D eigenvalue weighted by atomic mass is 10.1. The molecule has 148 valence electrons. The summed E-state index contributed by atoms with van der Waals surface area (Å²) < 4.78 is 7.28. The highest BCUT2D eigenvalue weighted by molar-refractivity contribution is 5.96. The molecule has 4 aromatic rings. The van der Waals surface area contributed by atoms with Gasteiger partial charge in [-0.3, -0.25) is 0 Å². The van der Waals surface area contributed by atoms with Gasteiger partial charge in [0.1, 0.15) is 5.82 Å². The van der Waals surface area contributed by atoms with Gasteiger partial charge in [-0.1, -0.05) is 12.1 Å². The molecule has 0 bridgehead atoms. The molecule has 0 aliphatic rings. The van der Waals surface area contributed by atoms with Gasteiger partial charge in [-0.25, -0.2) is 4.98 Å². The first kappa shape index (κ1) is 18.7. The molecule has 6 heteroatoms. The third-order valence-electron chi connectivity index (χ3n) is 5.09. The fourth-order valence-electron chi connectivity index (χ4n) is 3.47. The summed E-state index contributed by atoms with van der Waals surface area (Å²) in [4.78, 5) is 6.60. The highest BCUT2D eigenvalue weighted by atomic mass is 16.5. The predicted molar refractivity (Wildman–Crippen MR) is 118 cm³/mol. The van der Waals surface area contributed by atoms with Crippen LogP contribution in [0.1, 0.15) is 0 Å². The largest absolute Gasteiger partial charge is 0.504 e. The minimum absolute atomic E-state index is 0.0828. The Morgan fingerprint density at radius 3 is 2.45 bits per heavy atom. The van der Waals surface area contributed by atoms with Gasteiger partial charge in [-0.15, -0.1) is 0 Å². The topological polar surface area (TPSA) is 62.5 Å². The highest BCUT2D eigenvalue weighted by Crippen LogP contribution is 2.34. The van der Waals surface area contributed by atoms with Crippen LogP contribution in [0.5, 0.6) is 11.5 Å². The molecule has 2 aromatic heterocycles. The quantitative estimate of drug-likeness (QED) is 0.516. The van der Waals surface area contributed by atoms with E-state index in [9.17, 15) is 5.11 Å². The molecule has 29 heavy (non-hydrogen) atoms. The van der Waals surface area contributed by atoms with Crippen molar-refractivity contribution in [3.05, 3.63) is 60.8 Å². The second-order valence-corrected chi connectivity index (χ2v) is 7.13. The van der Waals surface area contributed by atoms with Gasteiger partial charge in [0.05, 0.1) is 12.6 Å². The number of aromatic hydroxyl groups is 1. The molecular weight excluding hydrogens is 364 g/mol. The molecule has 0 aliphatic carbocycles. The molecule has 0 amide bonds. The number of anilines is 3. The summed E-state index contributed by atoms with van der Waals surface area (Å²) in [5.41, 5.74) is 5.23. The first-order valence-corrected chi connectivity index (χ1v) is 9.34. The molecule has 0 spiro atoms. The van der Waals surface area contributed by atoms with E-state index < -0.39 is 0 Å². The number of fused-ring (bicyclic) bond motifs is 1. The van der Waals surface area contributed by atoms with E-state index in [0.717, 1.165) is 39.4 Å².